The Kier molecular flexibility index (Phi) is 4.93. The summed E-state index contributed by atoms with van der Waals surface area (Å²) in [6.45, 7) is 7.34. The molecule has 1 atom stereocenters. The number of carbonyl (C=O) groups excluding carboxylic acids is 1. The van der Waals surface area contributed by atoms with E-state index in [1.165, 1.54) is 11.8 Å². The summed E-state index contributed by atoms with van der Waals surface area (Å²) in [4.78, 5) is 12.7. The third-order valence-electron chi connectivity index (χ3n) is 2.01. The number of hydrogen-bond acceptors (Lipinski definition) is 4. The van der Waals surface area contributed by atoms with Gasteiger partial charge in [0.15, 0.2) is 0 Å². The van der Waals surface area contributed by atoms with E-state index in [0.29, 0.717) is 10.7 Å². The number of carbonyl (C=O) groups is 1. The lowest BCUT2D eigenvalue weighted by molar-refractivity contribution is -0.153. The molecule has 1 aromatic rings. The fraction of sp³-hybridized carbons (Fsp3) is 0.462. The van der Waals surface area contributed by atoms with E-state index in [9.17, 15) is 4.79 Å². The van der Waals surface area contributed by atoms with Gasteiger partial charge in [-0.1, -0.05) is 11.6 Å². The summed E-state index contributed by atoms with van der Waals surface area (Å²) in [5.41, 5.74) is 5.94. The fourth-order valence-corrected chi connectivity index (χ4v) is 2.30. The largest absolute Gasteiger partial charge is 0.459 e. The van der Waals surface area contributed by atoms with Gasteiger partial charge >= 0.3 is 5.97 Å². The van der Waals surface area contributed by atoms with Crippen LogP contribution in [0.1, 0.15) is 27.7 Å². The molecule has 5 heteroatoms. The first-order chi connectivity index (χ1) is 8.19. The molecule has 0 bridgehead atoms. The molecule has 1 aromatic carbocycles. The Balaban J connectivity index is 2.69. The summed E-state index contributed by atoms with van der Waals surface area (Å²) in [7, 11) is 0. The van der Waals surface area contributed by atoms with Gasteiger partial charge in [0.1, 0.15) is 10.9 Å². The molecule has 0 aliphatic carbocycles. The molecule has 0 heterocycles. The summed E-state index contributed by atoms with van der Waals surface area (Å²) in [6, 6.07) is 5.23. The van der Waals surface area contributed by atoms with Gasteiger partial charge < -0.3 is 10.5 Å². The van der Waals surface area contributed by atoms with Crippen molar-refractivity contribution in [1.29, 1.82) is 0 Å². The normalized spacial score (nSPS) is 13.2. The Bertz CT molecular complexity index is 443. The van der Waals surface area contributed by atoms with Crippen LogP contribution in [-0.4, -0.2) is 16.8 Å². The predicted octanol–water partition coefficient (Wildman–Crippen LogP) is 3.74. The van der Waals surface area contributed by atoms with E-state index >= 15 is 0 Å². The average molecular weight is 288 g/mol. The van der Waals surface area contributed by atoms with E-state index in [-0.39, 0.29) is 11.2 Å². The summed E-state index contributed by atoms with van der Waals surface area (Å²) >= 11 is 7.19. The lowest BCUT2D eigenvalue weighted by Crippen LogP contribution is -2.28. The van der Waals surface area contributed by atoms with Crippen molar-refractivity contribution in [3.63, 3.8) is 0 Å². The van der Waals surface area contributed by atoms with Crippen molar-refractivity contribution in [2.45, 2.75) is 43.4 Å². The molecule has 1 rings (SSSR count). The molecule has 0 saturated heterocycles. The van der Waals surface area contributed by atoms with Gasteiger partial charge in [0, 0.05) is 15.6 Å². The maximum absolute atomic E-state index is 11.8. The maximum Gasteiger partial charge on any atom is 0.319 e. The second kappa shape index (κ2) is 5.85. The Morgan fingerprint density at radius 1 is 1.44 bits per heavy atom. The molecule has 0 aliphatic heterocycles. The number of benzene rings is 1. The highest BCUT2D eigenvalue weighted by atomic mass is 35.5. The van der Waals surface area contributed by atoms with E-state index < -0.39 is 5.60 Å². The number of hydrogen-bond donors (Lipinski definition) is 1. The van der Waals surface area contributed by atoms with Crippen LogP contribution in [0.4, 0.5) is 5.69 Å². The maximum atomic E-state index is 11.8. The molecule has 0 aromatic heterocycles. The van der Waals surface area contributed by atoms with Gasteiger partial charge in [-0.25, -0.2) is 0 Å². The molecule has 18 heavy (non-hydrogen) atoms. The van der Waals surface area contributed by atoms with Crippen molar-refractivity contribution in [2.24, 2.45) is 0 Å². The average Bonchev–Trinajstić information content (AvgIpc) is 2.19. The van der Waals surface area contributed by atoms with Crippen molar-refractivity contribution >= 4 is 35.0 Å². The summed E-state index contributed by atoms with van der Waals surface area (Å²) in [5.74, 6) is -0.248. The highest BCUT2D eigenvalue weighted by Crippen LogP contribution is 2.31. The number of anilines is 1. The van der Waals surface area contributed by atoms with Crippen LogP contribution in [0.3, 0.4) is 0 Å². The first kappa shape index (κ1) is 15.2. The van der Waals surface area contributed by atoms with Gasteiger partial charge in [-0.2, -0.15) is 0 Å². The van der Waals surface area contributed by atoms with Gasteiger partial charge in [-0.05, 0) is 45.9 Å². The minimum Gasteiger partial charge on any atom is -0.459 e. The number of nitrogen functional groups attached to an aromatic ring is 1. The van der Waals surface area contributed by atoms with Crippen molar-refractivity contribution in [3.8, 4) is 0 Å². The topological polar surface area (TPSA) is 52.3 Å². The van der Waals surface area contributed by atoms with Gasteiger partial charge in [0.05, 0.1) is 0 Å². The summed E-state index contributed by atoms with van der Waals surface area (Å²) in [5, 5.41) is 0.273. The molecular weight excluding hydrogens is 270 g/mol. The molecule has 0 fully saturated rings. The van der Waals surface area contributed by atoms with Crippen molar-refractivity contribution in [2.75, 3.05) is 5.73 Å². The summed E-state index contributed by atoms with van der Waals surface area (Å²) in [6.07, 6.45) is 0. The zero-order valence-electron chi connectivity index (χ0n) is 11.0. The second-order valence-electron chi connectivity index (χ2n) is 4.98. The van der Waals surface area contributed by atoms with Crippen molar-refractivity contribution < 1.29 is 9.53 Å². The van der Waals surface area contributed by atoms with Gasteiger partial charge in [0.25, 0.3) is 0 Å². The van der Waals surface area contributed by atoms with Crippen LogP contribution in [0.2, 0.25) is 5.02 Å². The van der Waals surface area contributed by atoms with Gasteiger partial charge in [-0.15, -0.1) is 11.8 Å². The number of nitrogens with two attached hydrogens (primary N) is 1. The molecule has 2 N–H and O–H groups in total. The van der Waals surface area contributed by atoms with Crippen LogP contribution < -0.4 is 5.73 Å². The van der Waals surface area contributed by atoms with Crippen LogP contribution in [-0.2, 0) is 9.53 Å². The van der Waals surface area contributed by atoms with E-state index in [2.05, 4.69) is 0 Å². The first-order valence-electron chi connectivity index (χ1n) is 5.63. The van der Waals surface area contributed by atoms with E-state index in [0.717, 1.165) is 4.90 Å². The molecule has 0 amide bonds. The zero-order valence-corrected chi connectivity index (χ0v) is 12.6. The van der Waals surface area contributed by atoms with E-state index in [1.54, 1.807) is 19.1 Å². The van der Waals surface area contributed by atoms with E-state index in [1.807, 2.05) is 26.8 Å². The van der Waals surface area contributed by atoms with Crippen LogP contribution >= 0.6 is 23.4 Å². The predicted molar refractivity (Wildman–Crippen MR) is 77.0 cm³/mol. The number of esters is 1. The fourth-order valence-electron chi connectivity index (χ4n) is 1.25. The summed E-state index contributed by atoms with van der Waals surface area (Å²) < 4.78 is 5.31. The minimum atomic E-state index is -0.475. The zero-order chi connectivity index (χ0) is 13.9. The third-order valence-corrected chi connectivity index (χ3v) is 3.42. The molecular formula is C13H18ClNO2S. The van der Waals surface area contributed by atoms with Crippen LogP contribution in [0.15, 0.2) is 23.1 Å². The SMILES string of the molecule is CC(Sc1ccc(Cl)cc1N)C(=O)OC(C)(C)C. The van der Waals surface area contributed by atoms with Crippen molar-refractivity contribution in [1.82, 2.24) is 0 Å². The van der Waals surface area contributed by atoms with Crippen molar-refractivity contribution in [3.05, 3.63) is 23.2 Å². The highest BCUT2D eigenvalue weighted by Gasteiger charge is 2.22. The minimum absolute atomic E-state index is 0.248. The second-order valence-corrected chi connectivity index (χ2v) is 6.79. The monoisotopic (exact) mass is 287 g/mol. The van der Waals surface area contributed by atoms with Crippen LogP contribution in [0.25, 0.3) is 0 Å². The molecule has 0 saturated carbocycles. The Morgan fingerprint density at radius 2 is 2.06 bits per heavy atom. The van der Waals surface area contributed by atoms with Gasteiger partial charge in [-0.3, -0.25) is 4.79 Å². The lowest BCUT2D eigenvalue weighted by Gasteiger charge is -2.22. The van der Waals surface area contributed by atoms with Gasteiger partial charge in [0.2, 0.25) is 0 Å². The molecule has 3 nitrogen and oxygen atoms in total. The Labute approximate surface area is 117 Å². The number of ether oxygens (including phenoxy) is 1. The molecule has 1 unspecified atom stereocenters. The Morgan fingerprint density at radius 3 is 2.56 bits per heavy atom. The standard InChI is InChI=1S/C13H18ClNO2S/c1-8(12(16)17-13(2,3)4)18-11-6-5-9(14)7-10(11)15/h5-8H,15H2,1-4H3. The van der Waals surface area contributed by atoms with E-state index in [4.69, 9.17) is 22.1 Å². The molecule has 100 valence electrons. The first-order valence-corrected chi connectivity index (χ1v) is 6.89. The molecule has 0 aliphatic rings. The number of halogens is 1. The smallest absolute Gasteiger partial charge is 0.319 e. The lowest BCUT2D eigenvalue weighted by atomic mass is 10.2. The molecule has 0 spiro atoms. The number of thioether (sulfide) groups is 1. The van der Waals surface area contributed by atoms with Crippen LogP contribution in [0, 0.1) is 0 Å². The Hall–Kier alpha value is -0.870. The van der Waals surface area contributed by atoms with Crippen LogP contribution in [0.5, 0.6) is 0 Å². The number of rotatable bonds is 3. The highest BCUT2D eigenvalue weighted by molar-refractivity contribution is 8.00. The third kappa shape index (κ3) is 4.78. The quantitative estimate of drug-likeness (QED) is 0.523. The molecule has 0 radical (unpaired) electrons.